The van der Waals surface area contributed by atoms with Crippen molar-refractivity contribution in [3.8, 4) is 11.3 Å². The SMILES string of the molecule is CCC(=O)CCCCC[C@H](NC(=O)[C@H]1CC12CCN(CC)CC2)c1ncc(-c2ccc3c(cnn3C3CC3)c2)[nH]1. The van der Waals surface area contributed by atoms with Crippen LogP contribution in [-0.2, 0) is 9.59 Å². The van der Waals surface area contributed by atoms with E-state index in [0.29, 0.717) is 24.7 Å². The van der Waals surface area contributed by atoms with E-state index < -0.39 is 0 Å². The first-order valence-corrected chi connectivity index (χ1v) is 15.6. The maximum atomic E-state index is 13.5. The molecule has 8 heteroatoms. The molecule has 0 unspecified atom stereocenters. The number of nitrogens with zero attached hydrogens (tertiary/aromatic N) is 4. The minimum absolute atomic E-state index is 0.121. The van der Waals surface area contributed by atoms with E-state index in [1.54, 1.807) is 0 Å². The highest BCUT2D eigenvalue weighted by Crippen LogP contribution is 2.59. The fraction of sp³-hybridized carbons (Fsp3) is 0.625. The molecule has 8 nitrogen and oxygen atoms in total. The number of benzene rings is 1. The lowest BCUT2D eigenvalue weighted by atomic mass is 9.90. The summed E-state index contributed by atoms with van der Waals surface area (Å²) in [5.41, 5.74) is 3.42. The van der Waals surface area contributed by atoms with Crippen molar-refractivity contribution in [1.29, 1.82) is 0 Å². The van der Waals surface area contributed by atoms with E-state index in [1.807, 2.05) is 19.3 Å². The number of likely N-dealkylation sites (tertiary alicyclic amines) is 1. The zero-order valence-electron chi connectivity index (χ0n) is 24.1. The Bertz CT molecular complexity index is 1350. The Morgan fingerprint density at radius 2 is 1.95 bits per heavy atom. The van der Waals surface area contributed by atoms with Crippen LogP contribution in [0.25, 0.3) is 22.2 Å². The number of fused-ring (bicyclic) bond motifs is 1. The predicted molar refractivity (Wildman–Crippen MR) is 157 cm³/mol. The maximum Gasteiger partial charge on any atom is 0.224 e. The van der Waals surface area contributed by atoms with Gasteiger partial charge in [-0.3, -0.25) is 14.3 Å². The molecule has 1 amide bonds. The van der Waals surface area contributed by atoms with Gasteiger partial charge in [-0.1, -0.05) is 32.8 Å². The van der Waals surface area contributed by atoms with Crippen LogP contribution in [0.4, 0.5) is 0 Å². The van der Waals surface area contributed by atoms with Gasteiger partial charge in [-0.2, -0.15) is 5.10 Å². The summed E-state index contributed by atoms with van der Waals surface area (Å²) in [5, 5.41) is 9.14. The van der Waals surface area contributed by atoms with E-state index in [1.165, 1.54) is 18.4 Å². The molecule has 2 aromatic heterocycles. The fourth-order valence-electron chi connectivity index (χ4n) is 6.65. The number of carbonyl (C=O) groups is 2. The summed E-state index contributed by atoms with van der Waals surface area (Å²) in [6, 6.07) is 6.86. The van der Waals surface area contributed by atoms with Crippen LogP contribution in [-0.4, -0.2) is 56.0 Å². The molecule has 3 aliphatic rings. The molecule has 3 fully saturated rings. The Morgan fingerprint density at radius 3 is 2.70 bits per heavy atom. The zero-order valence-corrected chi connectivity index (χ0v) is 24.1. The van der Waals surface area contributed by atoms with E-state index in [2.05, 4.69) is 50.1 Å². The third kappa shape index (κ3) is 5.73. The number of amides is 1. The van der Waals surface area contributed by atoms with Crippen LogP contribution in [0, 0.1) is 11.3 Å². The van der Waals surface area contributed by atoms with Crippen molar-refractivity contribution in [2.45, 2.75) is 96.6 Å². The summed E-state index contributed by atoms with van der Waals surface area (Å²) in [4.78, 5) is 36.0. The molecule has 2 atom stereocenters. The topological polar surface area (TPSA) is 95.9 Å². The van der Waals surface area contributed by atoms with Crippen molar-refractivity contribution in [2.75, 3.05) is 19.6 Å². The van der Waals surface area contributed by atoms with Gasteiger partial charge in [-0.25, -0.2) is 4.98 Å². The first-order chi connectivity index (χ1) is 19.5. The quantitative estimate of drug-likeness (QED) is 0.259. The summed E-state index contributed by atoms with van der Waals surface area (Å²) in [6.07, 6.45) is 14.4. The van der Waals surface area contributed by atoms with Crippen LogP contribution in [0.1, 0.15) is 102 Å². The van der Waals surface area contributed by atoms with Gasteiger partial charge >= 0.3 is 0 Å². The van der Waals surface area contributed by atoms with E-state index >= 15 is 0 Å². The third-order valence-electron chi connectivity index (χ3n) is 9.69. The van der Waals surface area contributed by atoms with Gasteiger partial charge in [-0.05, 0) is 82.1 Å². The van der Waals surface area contributed by atoms with Crippen molar-refractivity contribution in [3.05, 3.63) is 36.4 Å². The van der Waals surface area contributed by atoms with Crippen LogP contribution < -0.4 is 5.32 Å². The predicted octanol–water partition coefficient (Wildman–Crippen LogP) is 5.97. The highest BCUT2D eigenvalue weighted by atomic mass is 16.2. The Kier molecular flexibility index (Phi) is 7.80. The number of imidazole rings is 1. The second-order valence-electron chi connectivity index (χ2n) is 12.4. The molecule has 2 aliphatic carbocycles. The van der Waals surface area contributed by atoms with Gasteiger partial charge in [0.1, 0.15) is 11.6 Å². The summed E-state index contributed by atoms with van der Waals surface area (Å²) < 4.78 is 2.15. The monoisotopic (exact) mass is 544 g/mol. The van der Waals surface area contributed by atoms with Gasteiger partial charge in [-0.15, -0.1) is 0 Å². The molecule has 40 heavy (non-hydrogen) atoms. The van der Waals surface area contributed by atoms with Crippen molar-refractivity contribution in [3.63, 3.8) is 0 Å². The Morgan fingerprint density at radius 1 is 1.12 bits per heavy atom. The van der Waals surface area contributed by atoms with Gasteiger partial charge in [0.25, 0.3) is 0 Å². The lowest BCUT2D eigenvalue weighted by molar-refractivity contribution is -0.124. The van der Waals surface area contributed by atoms with Crippen molar-refractivity contribution in [2.24, 2.45) is 11.3 Å². The number of piperidine rings is 1. The maximum absolute atomic E-state index is 13.5. The number of rotatable bonds is 13. The van der Waals surface area contributed by atoms with E-state index in [4.69, 9.17) is 4.98 Å². The van der Waals surface area contributed by atoms with Gasteiger partial charge < -0.3 is 15.2 Å². The number of hydrogen-bond donors (Lipinski definition) is 2. The minimum atomic E-state index is -0.155. The van der Waals surface area contributed by atoms with Gasteiger partial charge in [0.2, 0.25) is 5.91 Å². The standard InChI is InChI=1S/C32H44N6O2/c1-3-25(39)8-6-5-7-9-27(36-31(40)26-19-32(26)14-16-37(4-2)17-15-32)30-33-21-28(35-30)22-10-13-29-23(18-22)20-34-38(29)24-11-12-24/h10,13,18,20-21,24,26-27H,3-9,11-12,14-17,19H2,1-2H3,(H,33,35)(H,36,40)/t26-,27+/m1/s1. The minimum Gasteiger partial charge on any atom is -0.346 e. The van der Waals surface area contributed by atoms with Gasteiger partial charge in [0.05, 0.1) is 35.7 Å². The van der Waals surface area contributed by atoms with E-state index in [9.17, 15) is 9.59 Å². The van der Waals surface area contributed by atoms with Crippen molar-refractivity contribution >= 4 is 22.6 Å². The largest absolute Gasteiger partial charge is 0.346 e. The highest BCUT2D eigenvalue weighted by molar-refractivity contribution is 5.84. The Labute approximate surface area is 237 Å². The third-order valence-corrected chi connectivity index (χ3v) is 9.69. The van der Waals surface area contributed by atoms with Crippen molar-refractivity contribution < 1.29 is 9.59 Å². The molecule has 3 aromatic rings. The molecule has 1 saturated heterocycles. The molecule has 0 radical (unpaired) electrons. The lowest BCUT2D eigenvalue weighted by Gasteiger charge is -2.32. The Hall–Kier alpha value is -3.00. The number of H-pyrrole nitrogens is 1. The number of Topliss-reactive ketones (excluding diaryl/α,β-unsaturated/α-hetero) is 1. The summed E-state index contributed by atoms with van der Waals surface area (Å²) >= 11 is 0. The lowest BCUT2D eigenvalue weighted by Crippen LogP contribution is -2.37. The van der Waals surface area contributed by atoms with Gasteiger partial charge in [0.15, 0.2) is 0 Å². The molecule has 3 heterocycles. The first kappa shape index (κ1) is 27.2. The Balaban J connectivity index is 1.14. The molecule has 1 aliphatic heterocycles. The number of aromatic nitrogens is 4. The first-order valence-electron chi connectivity index (χ1n) is 15.6. The van der Waals surface area contributed by atoms with E-state index in [0.717, 1.165) is 87.0 Å². The van der Waals surface area contributed by atoms with E-state index in [-0.39, 0.29) is 23.3 Å². The molecular formula is C32H44N6O2. The smallest absolute Gasteiger partial charge is 0.224 e. The molecular weight excluding hydrogens is 500 g/mol. The molecule has 6 rings (SSSR count). The van der Waals surface area contributed by atoms with Crippen LogP contribution in [0.3, 0.4) is 0 Å². The summed E-state index contributed by atoms with van der Waals surface area (Å²) in [5.74, 6) is 1.45. The molecule has 2 N–H and O–H groups in total. The average molecular weight is 545 g/mol. The molecule has 214 valence electrons. The van der Waals surface area contributed by atoms with Crippen LogP contribution >= 0.6 is 0 Å². The second kappa shape index (κ2) is 11.5. The summed E-state index contributed by atoms with van der Waals surface area (Å²) in [6.45, 7) is 7.44. The number of unbranched alkanes of at least 4 members (excludes halogenated alkanes) is 2. The normalized spacial score (nSPS) is 21.1. The summed E-state index contributed by atoms with van der Waals surface area (Å²) in [7, 11) is 0. The van der Waals surface area contributed by atoms with Crippen LogP contribution in [0.15, 0.2) is 30.6 Å². The molecule has 1 spiro atoms. The number of hydrogen-bond acceptors (Lipinski definition) is 5. The van der Waals surface area contributed by atoms with Gasteiger partial charge in [0, 0.05) is 29.7 Å². The van der Waals surface area contributed by atoms with Crippen LogP contribution in [0.5, 0.6) is 0 Å². The number of aromatic amines is 1. The highest BCUT2D eigenvalue weighted by Gasteiger charge is 2.58. The van der Waals surface area contributed by atoms with Crippen molar-refractivity contribution in [1.82, 2.24) is 30.0 Å². The number of carbonyl (C=O) groups excluding carboxylic acids is 2. The second-order valence-corrected chi connectivity index (χ2v) is 12.4. The fourth-order valence-corrected chi connectivity index (χ4v) is 6.65. The number of ketones is 1. The molecule has 1 aromatic carbocycles. The average Bonchev–Trinajstić information content (AvgIpc) is 3.84. The molecule has 2 saturated carbocycles. The zero-order chi connectivity index (χ0) is 27.7. The number of nitrogens with one attached hydrogen (secondary N) is 2. The van der Waals surface area contributed by atoms with Crippen LogP contribution in [0.2, 0.25) is 0 Å². The molecule has 0 bridgehead atoms.